The van der Waals surface area contributed by atoms with Gasteiger partial charge in [-0.3, -0.25) is 4.79 Å². The molecule has 0 saturated carbocycles. The second kappa shape index (κ2) is 6.37. The van der Waals surface area contributed by atoms with Crippen LogP contribution in [0.2, 0.25) is 4.34 Å². The highest BCUT2D eigenvalue weighted by atomic mass is 35.5. The molecule has 2 aromatic heterocycles. The molecule has 5 nitrogen and oxygen atoms in total. The van der Waals surface area contributed by atoms with Gasteiger partial charge in [0.15, 0.2) is 5.82 Å². The van der Waals surface area contributed by atoms with Gasteiger partial charge in [0.05, 0.1) is 15.3 Å². The van der Waals surface area contributed by atoms with E-state index in [1.807, 2.05) is 35.2 Å². The summed E-state index contributed by atoms with van der Waals surface area (Å²) in [5, 5.41) is 8.33. The van der Waals surface area contributed by atoms with E-state index >= 15 is 0 Å². The van der Waals surface area contributed by atoms with Gasteiger partial charge in [-0.05, 0) is 18.6 Å². The number of hydrogen-bond acceptors (Lipinski definition) is 4. The molecule has 0 radical (unpaired) electrons. The minimum Gasteiger partial charge on any atom is -0.336 e. The molecule has 122 valence electrons. The third-order valence-electron chi connectivity index (χ3n) is 4.23. The fourth-order valence-electron chi connectivity index (χ4n) is 3.04. The topological polar surface area (TPSA) is 51.0 Å². The van der Waals surface area contributed by atoms with Gasteiger partial charge in [0, 0.05) is 18.7 Å². The van der Waals surface area contributed by atoms with Gasteiger partial charge in [0.25, 0.3) is 5.91 Å². The van der Waals surface area contributed by atoms with E-state index in [0.717, 1.165) is 24.4 Å². The third kappa shape index (κ3) is 2.83. The first-order chi connectivity index (χ1) is 11.7. The molecular formula is C17H15ClN4OS. The Morgan fingerprint density at radius 2 is 2.04 bits per heavy atom. The second-order valence-corrected chi connectivity index (χ2v) is 7.44. The van der Waals surface area contributed by atoms with Crippen LogP contribution in [-0.2, 0) is 0 Å². The van der Waals surface area contributed by atoms with Crippen molar-refractivity contribution in [1.82, 2.24) is 19.7 Å². The Balaban J connectivity index is 1.54. The largest absolute Gasteiger partial charge is 0.336 e. The van der Waals surface area contributed by atoms with Crippen molar-refractivity contribution in [2.45, 2.75) is 12.5 Å². The molecule has 4 rings (SSSR count). The molecule has 0 aliphatic carbocycles. The van der Waals surface area contributed by atoms with Crippen molar-refractivity contribution in [1.29, 1.82) is 0 Å². The van der Waals surface area contributed by atoms with Crippen LogP contribution in [0.15, 0.2) is 48.8 Å². The smallest absolute Gasteiger partial charge is 0.264 e. The zero-order valence-corrected chi connectivity index (χ0v) is 14.4. The number of thiophene rings is 1. The Morgan fingerprint density at radius 1 is 1.21 bits per heavy atom. The van der Waals surface area contributed by atoms with Crippen molar-refractivity contribution < 1.29 is 4.79 Å². The maximum absolute atomic E-state index is 12.6. The van der Waals surface area contributed by atoms with Crippen molar-refractivity contribution in [2.75, 3.05) is 13.1 Å². The summed E-state index contributed by atoms with van der Waals surface area (Å²) in [4.78, 5) is 15.1. The van der Waals surface area contributed by atoms with E-state index in [-0.39, 0.29) is 11.9 Å². The monoisotopic (exact) mass is 358 g/mol. The fourth-order valence-corrected chi connectivity index (χ4v) is 4.05. The summed E-state index contributed by atoms with van der Waals surface area (Å²) < 4.78 is 2.71. The average Bonchev–Trinajstić information content (AvgIpc) is 3.34. The molecular weight excluding hydrogens is 344 g/mol. The van der Waals surface area contributed by atoms with Crippen LogP contribution in [-0.4, -0.2) is 38.7 Å². The van der Waals surface area contributed by atoms with Gasteiger partial charge in [-0.2, -0.15) is 0 Å². The van der Waals surface area contributed by atoms with Gasteiger partial charge in [-0.15, -0.1) is 21.5 Å². The van der Waals surface area contributed by atoms with Crippen LogP contribution < -0.4 is 0 Å². The van der Waals surface area contributed by atoms with Crippen molar-refractivity contribution >= 4 is 28.8 Å². The molecule has 1 saturated heterocycles. The van der Waals surface area contributed by atoms with Crippen LogP contribution in [0.4, 0.5) is 0 Å². The van der Waals surface area contributed by atoms with Crippen LogP contribution in [0.25, 0.3) is 11.4 Å². The van der Waals surface area contributed by atoms with E-state index in [2.05, 4.69) is 14.8 Å². The highest BCUT2D eigenvalue weighted by Crippen LogP contribution is 2.29. The van der Waals surface area contributed by atoms with Crippen LogP contribution in [0, 0.1) is 0 Å². The molecule has 1 fully saturated rings. The SMILES string of the molecule is O=C(c1ccc(Cl)s1)N1CC[C@H](n2cnnc2-c2ccccc2)C1. The molecule has 0 N–H and O–H groups in total. The minimum atomic E-state index is 0.0451. The van der Waals surface area contributed by atoms with Crippen molar-refractivity contribution in [3.8, 4) is 11.4 Å². The predicted octanol–water partition coefficient (Wildman–Crippen LogP) is 3.75. The highest BCUT2D eigenvalue weighted by Gasteiger charge is 2.30. The van der Waals surface area contributed by atoms with Gasteiger partial charge in [-0.1, -0.05) is 41.9 Å². The number of hydrogen-bond donors (Lipinski definition) is 0. The van der Waals surface area contributed by atoms with Gasteiger partial charge in [-0.25, -0.2) is 0 Å². The van der Waals surface area contributed by atoms with E-state index in [4.69, 9.17) is 11.6 Å². The number of carbonyl (C=O) groups excluding carboxylic acids is 1. The molecule has 3 aromatic rings. The van der Waals surface area contributed by atoms with E-state index < -0.39 is 0 Å². The first-order valence-corrected chi connectivity index (χ1v) is 8.91. The summed E-state index contributed by atoms with van der Waals surface area (Å²) in [6, 6.07) is 13.7. The quantitative estimate of drug-likeness (QED) is 0.716. The molecule has 1 amide bonds. The summed E-state index contributed by atoms with van der Waals surface area (Å²) in [7, 11) is 0. The standard InChI is InChI=1S/C17H15ClN4OS/c18-15-7-6-14(24-15)17(23)21-9-8-13(10-21)22-11-19-20-16(22)12-4-2-1-3-5-12/h1-7,11,13H,8-10H2/t13-/m0/s1. The fraction of sp³-hybridized carbons (Fsp3) is 0.235. The first-order valence-electron chi connectivity index (χ1n) is 7.72. The molecule has 1 aromatic carbocycles. The first kappa shape index (κ1) is 15.4. The molecule has 3 heterocycles. The number of aromatic nitrogens is 3. The Bertz CT molecular complexity index is 860. The second-order valence-electron chi connectivity index (χ2n) is 5.73. The summed E-state index contributed by atoms with van der Waals surface area (Å²) >= 11 is 7.26. The van der Waals surface area contributed by atoms with Crippen molar-refractivity contribution in [2.24, 2.45) is 0 Å². The molecule has 0 unspecified atom stereocenters. The molecule has 0 bridgehead atoms. The summed E-state index contributed by atoms with van der Waals surface area (Å²) in [5.41, 5.74) is 1.03. The Kier molecular flexibility index (Phi) is 4.08. The highest BCUT2D eigenvalue weighted by molar-refractivity contribution is 7.17. The predicted molar refractivity (Wildman–Crippen MR) is 94.3 cm³/mol. The lowest BCUT2D eigenvalue weighted by atomic mass is 10.2. The van der Waals surface area contributed by atoms with Crippen molar-refractivity contribution in [3.63, 3.8) is 0 Å². The third-order valence-corrected chi connectivity index (χ3v) is 5.45. The van der Waals surface area contributed by atoms with Gasteiger partial charge >= 0.3 is 0 Å². The lowest BCUT2D eigenvalue weighted by molar-refractivity contribution is 0.0792. The lowest BCUT2D eigenvalue weighted by Crippen LogP contribution is -2.28. The van der Waals surface area contributed by atoms with Gasteiger partial charge in [0.2, 0.25) is 0 Å². The maximum Gasteiger partial charge on any atom is 0.264 e. The zero-order chi connectivity index (χ0) is 16.5. The molecule has 0 spiro atoms. The number of halogens is 1. The van der Waals surface area contributed by atoms with Gasteiger partial charge < -0.3 is 9.47 Å². The van der Waals surface area contributed by atoms with Crippen LogP contribution in [0.1, 0.15) is 22.1 Å². The van der Waals surface area contributed by atoms with E-state index in [1.54, 1.807) is 18.5 Å². The Hall–Kier alpha value is -2.18. The Morgan fingerprint density at radius 3 is 2.79 bits per heavy atom. The Labute approximate surface area is 148 Å². The molecule has 24 heavy (non-hydrogen) atoms. The zero-order valence-electron chi connectivity index (χ0n) is 12.8. The average molecular weight is 359 g/mol. The molecule has 7 heteroatoms. The minimum absolute atomic E-state index is 0.0451. The molecule has 1 atom stereocenters. The van der Waals surface area contributed by atoms with Crippen LogP contribution in [0.3, 0.4) is 0 Å². The lowest BCUT2D eigenvalue weighted by Gasteiger charge is -2.17. The van der Waals surface area contributed by atoms with Gasteiger partial charge in [0.1, 0.15) is 6.33 Å². The number of likely N-dealkylation sites (tertiary alicyclic amines) is 1. The number of nitrogens with zero attached hydrogens (tertiary/aromatic N) is 4. The number of amides is 1. The van der Waals surface area contributed by atoms with Crippen LogP contribution >= 0.6 is 22.9 Å². The van der Waals surface area contributed by atoms with Crippen LogP contribution in [0.5, 0.6) is 0 Å². The molecule has 1 aliphatic heterocycles. The van der Waals surface area contributed by atoms with E-state index in [0.29, 0.717) is 15.8 Å². The number of carbonyl (C=O) groups is 1. The molecule has 1 aliphatic rings. The summed E-state index contributed by atoms with van der Waals surface area (Å²) in [6.45, 7) is 1.39. The summed E-state index contributed by atoms with van der Waals surface area (Å²) in [5.74, 6) is 0.887. The van der Waals surface area contributed by atoms with E-state index in [1.165, 1.54) is 11.3 Å². The number of rotatable bonds is 3. The van der Waals surface area contributed by atoms with Crippen molar-refractivity contribution in [3.05, 3.63) is 58.0 Å². The normalized spacial score (nSPS) is 17.4. The van der Waals surface area contributed by atoms with E-state index in [9.17, 15) is 4.79 Å². The summed E-state index contributed by atoms with van der Waals surface area (Å²) in [6.07, 6.45) is 2.64. The number of benzene rings is 1. The maximum atomic E-state index is 12.6.